The summed E-state index contributed by atoms with van der Waals surface area (Å²) in [5, 5.41) is 4.39. The minimum absolute atomic E-state index is 0.677. The topological polar surface area (TPSA) is 58.9 Å². The first-order valence-corrected chi connectivity index (χ1v) is 8.38. The molecule has 0 aliphatic heterocycles. The van der Waals surface area contributed by atoms with Gasteiger partial charge < -0.3 is 10.2 Å². The van der Waals surface area contributed by atoms with Crippen LogP contribution in [0.2, 0.25) is 0 Å². The van der Waals surface area contributed by atoms with Crippen molar-refractivity contribution in [1.29, 1.82) is 0 Å². The van der Waals surface area contributed by atoms with Gasteiger partial charge in [0, 0.05) is 44.1 Å². The number of anilines is 1. The van der Waals surface area contributed by atoms with Crippen LogP contribution in [0.1, 0.15) is 12.0 Å². The molecule has 0 amide bonds. The Kier molecular flexibility index (Phi) is 5.33. The van der Waals surface area contributed by atoms with E-state index in [9.17, 15) is 0 Å². The molecule has 0 saturated heterocycles. The predicted molar refractivity (Wildman–Crippen MR) is 93.1 cm³/mol. The van der Waals surface area contributed by atoms with Crippen molar-refractivity contribution in [2.75, 3.05) is 25.0 Å². The van der Waals surface area contributed by atoms with E-state index < -0.39 is 0 Å². The Hall–Kier alpha value is -2.25. The van der Waals surface area contributed by atoms with E-state index in [-0.39, 0.29) is 0 Å². The lowest BCUT2D eigenvalue weighted by Gasteiger charge is -2.15. The molecule has 0 fully saturated rings. The van der Waals surface area contributed by atoms with Crippen molar-refractivity contribution >= 4 is 16.7 Å². The van der Waals surface area contributed by atoms with Crippen LogP contribution in [-0.4, -0.2) is 39.0 Å². The van der Waals surface area contributed by atoms with Gasteiger partial charge in [0.2, 0.25) is 11.1 Å². The van der Waals surface area contributed by atoms with E-state index in [1.807, 2.05) is 16.8 Å². The lowest BCUT2D eigenvalue weighted by atomic mass is 10.2. The third-order valence-corrected chi connectivity index (χ3v) is 4.31. The second kappa shape index (κ2) is 7.85. The first-order valence-electron chi connectivity index (χ1n) is 7.61. The van der Waals surface area contributed by atoms with Gasteiger partial charge in [-0.15, -0.1) is 0 Å². The normalized spacial score (nSPS) is 10.8. The van der Waals surface area contributed by atoms with Gasteiger partial charge in [0.25, 0.3) is 0 Å². The van der Waals surface area contributed by atoms with Crippen LogP contribution < -0.4 is 10.2 Å². The number of benzene rings is 1. The number of hydrogen-bond acceptors (Lipinski definition) is 6. The fraction of sp³-hybridized carbons (Fsp3) is 0.312. The molecule has 3 aromatic rings. The van der Waals surface area contributed by atoms with Crippen LogP contribution in [-0.2, 0) is 6.54 Å². The molecule has 0 spiro atoms. The van der Waals surface area contributed by atoms with Crippen molar-refractivity contribution in [3.05, 3.63) is 54.6 Å². The van der Waals surface area contributed by atoms with Gasteiger partial charge in [-0.05, 0) is 18.5 Å². The van der Waals surface area contributed by atoms with Crippen molar-refractivity contribution in [3.63, 3.8) is 0 Å². The Bertz CT molecular complexity index is 694. The van der Waals surface area contributed by atoms with Gasteiger partial charge in [0.15, 0.2) is 0 Å². The summed E-state index contributed by atoms with van der Waals surface area (Å²) < 4.78 is 6.17. The summed E-state index contributed by atoms with van der Waals surface area (Å²) >= 11 is 1.41. The zero-order chi connectivity index (χ0) is 15.9. The molecule has 0 saturated carbocycles. The maximum Gasteiger partial charge on any atom is 0.248 e. The summed E-state index contributed by atoms with van der Waals surface area (Å²) in [6.45, 7) is 2.83. The summed E-state index contributed by atoms with van der Waals surface area (Å²) in [6, 6.07) is 10.4. The molecule has 120 valence electrons. The molecule has 7 heteroatoms. The molecular formula is C16H20N6S. The zero-order valence-electron chi connectivity index (χ0n) is 13.1. The summed E-state index contributed by atoms with van der Waals surface area (Å²) in [7, 11) is 2.05. The van der Waals surface area contributed by atoms with E-state index in [0.29, 0.717) is 5.95 Å². The Morgan fingerprint density at radius 1 is 1.26 bits per heavy atom. The van der Waals surface area contributed by atoms with Crippen LogP contribution in [0.4, 0.5) is 5.13 Å². The second-order valence-corrected chi connectivity index (χ2v) is 6.01. The number of hydrogen-bond donors (Lipinski definition) is 1. The summed E-state index contributed by atoms with van der Waals surface area (Å²) in [4.78, 5) is 10.7. The van der Waals surface area contributed by atoms with E-state index in [0.717, 1.165) is 31.2 Å². The molecule has 0 unspecified atom stereocenters. The summed E-state index contributed by atoms with van der Waals surface area (Å²) in [6.07, 6.45) is 6.34. The smallest absolute Gasteiger partial charge is 0.248 e. The molecule has 0 bridgehead atoms. The van der Waals surface area contributed by atoms with Gasteiger partial charge >= 0.3 is 0 Å². The van der Waals surface area contributed by atoms with Crippen LogP contribution in [0, 0.1) is 0 Å². The minimum atomic E-state index is 0.677. The van der Waals surface area contributed by atoms with Crippen LogP contribution in [0.3, 0.4) is 0 Å². The molecule has 3 rings (SSSR count). The number of rotatable bonds is 8. The SMILES string of the molecule is CN(CCCNCc1ccccc1)c1nc(-n2ccnc2)ns1. The van der Waals surface area contributed by atoms with Crippen molar-refractivity contribution in [2.24, 2.45) is 0 Å². The maximum absolute atomic E-state index is 4.54. The van der Waals surface area contributed by atoms with E-state index in [1.54, 1.807) is 12.5 Å². The third-order valence-electron chi connectivity index (χ3n) is 3.49. The average Bonchev–Trinajstić information content (AvgIpc) is 3.26. The number of nitrogens with zero attached hydrogens (tertiary/aromatic N) is 5. The molecular weight excluding hydrogens is 308 g/mol. The number of nitrogens with one attached hydrogen (secondary N) is 1. The molecule has 6 nitrogen and oxygen atoms in total. The van der Waals surface area contributed by atoms with Gasteiger partial charge in [0.05, 0.1) is 0 Å². The van der Waals surface area contributed by atoms with Crippen molar-refractivity contribution in [1.82, 2.24) is 24.2 Å². The van der Waals surface area contributed by atoms with Gasteiger partial charge in [0.1, 0.15) is 6.33 Å². The van der Waals surface area contributed by atoms with E-state index >= 15 is 0 Å². The molecule has 0 aliphatic carbocycles. The fourth-order valence-corrected chi connectivity index (χ4v) is 2.86. The third kappa shape index (κ3) is 4.37. The molecule has 23 heavy (non-hydrogen) atoms. The van der Waals surface area contributed by atoms with Gasteiger partial charge in [-0.1, -0.05) is 30.3 Å². The Morgan fingerprint density at radius 3 is 2.91 bits per heavy atom. The Balaban J connectivity index is 1.40. The lowest BCUT2D eigenvalue weighted by Crippen LogP contribution is -2.23. The van der Waals surface area contributed by atoms with Gasteiger partial charge in [-0.2, -0.15) is 9.36 Å². The highest BCUT2D eigenvalue weighted by molar-refractivity contribution is 7.09. The molecule has 2 heterocycles. The molecule has 2 aromatic heterocycles. The van der Waals surface area contributed by atoms with E-state index in [1.165, 1.54) is 17.1 Å². The first-order chi connectivity index (χ1) is 11.3. The number of imidazole rings is 1. The van der Waals surface area contributed by atoms with Crippen LogP contribution >= 0.6 is 11.5 Å². The van der Waals surface area contributed by atoms with Crippen LogP contribution in [0.15, 0.2) is 49.1 Å². The first kappa shape index (κ1) is 15.6. The monoisotopic (exact) mass is 328 g/mol. The maximum atomic E-state index is 4.54. The zero-order valence-corrected chi connectivity index (χ0v) is 13.9. The summed E-state index contributed by atoms with van der Waals surface area (Å²) in [5.41, 5.74) is 1.31. The van der Waals surface area contributed by atoms with Crippen molar-refractivity contribution < 1.29 is 0 Å². The second-order valence-electron chi connectivity index (χ2n) is 5.28. The van der Waals surface area contributed by atoms with Gasteiger partial charge in [-0.25, -0.2) is 4.98 Å². The van der Waals surface area contributed by atoms with Crippen molar-refractivity contribution in [3.8, 4) is 5.95 Å². The fourth-order valence-electron chi connectivity index (χ4n) is 2.21. The lowest BCUT2D eigenvalue weighted by molar-refractivity contribution is 0.645. The Morgan fingerprint density at radius 2 is 2.13 bits per heavy atom. The quantitative estimate of drug-likeness (QED) is 0.643. The number of aromatic nitrogens is 4. The molecule has 0 atom stereocenters. The summed E-state index contributed by atoms with van der Waals surface area (Å²) in [5.74, 6) is 0.677. The molecule has 0 aliphatic rings. The predicted octanol–water partition coefficient (Wildman–Crippen LogP) is 2.34. The van der Waals surface area contributed by atoms with Crippen molar-refractivity contribution in [2.45, 2.75) is 13.0 Å². The van der Waals surface area contributed by atoms with E-state index in [2.05, 4.69) is 55.9 Å². The molecule has 0 radical (unpaired) electrons. The molecule has 1 N–H and O–H groups in total. The average molecular weight is 328 g/mol. The largest absolute Gasteiger partial charge is 0.350 e. The van der Waals surface area contributed by atoms with Crippen LogP contribution in [0.5, 0.6) is 0 Å². The van der Waals surface area contributed by atoms with Crippen LogP contribution in [0.25, 0.3) is 5.95 Å². The highest BCUT2D eigenvalue weighted by Crippen LogP contribution is 2.17. The molecule has 1 aromatic carbocycles. The highest BCUT2D eigenvalue weighted by Gasteiger charge is 2.09. The minimum Gasteiger partial charge on any atom is -0.350 e. The Labute approximate surface area is 140 Å². The highest BCUT2D eigenvalue weighted by atomic mass is 32.1. The standard InChI is InChI=1S/C16H20N6S/c1-21(10-5-8-17-12-14-6-3-2-4-7-14)16-19-15(20-23-16)22-11-9-18-13-22/h2-4,6-7,9,11,13,17H,5,8,10,12H2,1H3. The van der Waals surface area contributed by atoms with Gasteiger partial charge in [-0.3, -0.25) is 4.57 Å². The van der Waals surface area contributed by atoms with E-state index in [4.69, 9.17) is 0 Å².